The predicted molar refractivity (Wildman–Crippen MR) is 80.2 cm³/mol. The van der Waals surface area contributed by atoms with Crippen LogP contribution in [0.25, 0.3) is 0 Å². The van der Waals surface area contributed by atoms with Crippen LogP contribution in [0.3, 0.4) is 0 Å². The first-order valence-electron chi connectivity index (χ1n) is 7.68. The third-order valence-electron chi connectivity index (χ3n) is 5.14. The highest BCUT2D eigenvalue weighted by atomic mass is 16.5. The van der Waals surface area contributed by atoms with Crippen LogP contribution >= 0.6 is 0 Å². The molecule has 2 aliphatic rings. The van der Waals surface area contributed by atoms with E-state index in [-0.39, 0.29) is 17.6 Å². The second-order valence-electron chi connectivity index (χ2n) is 6.30. The zero-order valence-corrected chi connectivity index (χ0v) is 13.0. The number of hydrogen-bond acceptors (Lipinski definition) is 4. The second-order valence-corrected chi connectivity index (χ2v) is 6.30. The smallest absolute Gasteiger partial charge is 0.203 e. The largest absolute Gasteiger partial charge is 0.493 e. The number of benzene rings is 1. The van der Waals surface area contributed by atoms with E-state index in [1.807, 2.05) is 19.1 Å². The maximum atomic E-state index is 10.2. The lowest BCUT2D eigenvalue weighted by Gasteiger charge is -2.51. The molecule has 1 aromatic carbocycles. The third-order valence-corrected chi connectivity index (χ3v) is 5.14. The average molecular weight is 292 g/mol. The number of aryl methyl sites for hydroxylation is 1. The molecule has 2 fully saturated rings. The van der Waals surface area contributed by atoms with Crippen LogP contribution in [0, 0.1) is 12.3 Å². The van der Waals surface area contributed by atoms with Gasteiger partial charge in [0, 0.05) is 11.8 Å². The molecule has 0 radical (unpaired) electrons. The van der Waals surface area contributed by atoms with Crippen LogP contribution in [0.4, 0.5) is 0 Å². The van der Waals surface area contributed by atoms with Crippen LogP contribution in [0.2, 0.25) is 0 Å². The summed E-state index contributed by atoms with van der Waals surface area (Å²) in [6, 6.07) is 3.91. The molecule has 0 bridgehead atoms. The fraction of sp³-hybridized carbons (Fsp3) is 0.647. The summed E-state index contributed by atoms with van der Waals surface area (Å²) < 4.78 is 17.1. The Morgan fingerprint density at radius 2 is 1.67 bits per heavy atom. The summed E-state index contributed by atoms with van der Waals surface area (Å²) in [5.74, 6) is 2.05. The van der Waals surface area contributed by atoms with Gasteiger partial charge in [0.1, 0.15) is 6.10 Å². The Morgan fingerprint density at radius 3 is 2.14 bits per heavy atom. The third kappa shape index (κ3) is 2.26. The van der Waals surface area contributed by atoms with Gasteiger partial charge in [0.05, 0.1) is 20.3 Å². The molecular formula is C17H24O4. The minimum atomic E-state index is -0.229. The standard InChI is InChI=1S/C17H24O4/c1-11-8-12(19-2)16(13(9-11)20-3)21-15-10-14(18)17(15)6-4-5-7-17/h8-9,14-15,18H,4-7,10H2,1-3H3. The molecule has 0 amide bonds. The zero-order valence-electron chi connectivity index (χ0n) is 13.0. The van der Waals surface area contributed by atoms with Crippen LogP contribution in [-0.2, 0) is 0 Å². The molecule has 2 unspecified atom stereocenters. The first-order chi connectivity index (χ1) is 10.1. The van der Waals surface area contributed by atoms with Gasteiger partial charge in [-0.1, -0.05) is 12.8 Å². The van der Waals surface area contributed by atoms with Crippen LogP contribution in [0.15, 0.2) is 12.1 Å². The summed E-state index contributed by atoms with van der Waals surface area (Å²) in [5, 5.41) is 10.2. The van der Waals surface area contributed by atoms with Gasteiger partial charge in [-0.2, -0.15) is 0 Å². The van der Waals surface area contributed by atoms with Crippen molar-refractivity contribution >= 4 is 0 Å². The number of aliphatic hydroxyl groups is 1. The lowest BCUT2D eigenvalue weighted by atomic mass is 9.62. The van der Waals surface area contributed by atoms with E-state index in [0.29, 0.717) is 23.7 Å². The van der Waals surface area contributed by atoms with Crippen molar-refractivity contribution in [2.24, 2.45) is 5.41 Å². The second kappa shape index (κ2) is 5.41. The molecule has 0 heterocycles. The molecule has 1 aromatic rings. The molecule has 0 saturated heterocycles. The highest BCUT2D eigenvalue weighted by Gasteiger charge is 2.57. The minimum Gasteiger partial charge on any atom is -0.493 e. The molecule has 0 aromatic heterocycles. The van der Waals surface area contributed by atoms with Crippen molar-refractivity contribution in [1.29, 1.82) is 0 Å². The van der Waals surface area contributed by atoms with Gasteiger partial charge in [0.2, 0.25) is 5.75 Å². The summed E-state index contributed by atoms with van der Waals surface area (Å²) in [7, 11) is 3.28. The number of aliphatic hydroxyl groups excluding tert-OH is 1. The van der Waals surface area contributed by atoms with Crippen LogP contribution in [0.1, 0.15) is 37.7 Å². The van der Waals surface area contributed by atoms with Crippen LogP contribution in [0.5, 0.6) is 17.2 Å². The lowest BCUT2D eigenvalue weighted by Crippen LogP contribution is -2.58. The SMILES string of the molecule is COc1cc(C)cc(OC)c1OC1CC(O)C12CCCC2. The molecule has 2 aliphatic carbocycles. The molecule has 2 saturated carbocycles. The molecule has 21 heavy (non-hydrogen) atoms. The van der Waals surface area contributed by atoms with Crippen molar-refractivity contribution < 1.29 is 19.3 Å². The molecule has 3 rings (SSSR count). The van der Waals surface area contributed by atoms with Crippen molar-refractivity contribution in [2.45, 2.75) is 51.2 Å². The quantitative estimate of drug-likeness (QED) is 0.926. The molecule has 1 N–H and O–H groups in total. The van der Waals surface area contributed by atoms with Crippen molar-refractivity contribution in [3.8, 4) is 17.2 Å². The predicted octanol–water partition coefficient (Wildman–Crippen LogP) is 3.08. The number of rotatable bonds is 4. The highest BCUT2D eigenvalue weighted by molar-refractivity contribution is 5.54. The van der Waals surface area contributed by atoms with Crippen molar-refractivity contribution in [3.05, 3.63) is 17.7 Å². The van der Waals surface area contributed by atoms with Crippen LogP contribution < -0.4 is 14.2 Å². The normalized spacial score (nSPS) is 26.5. The van der Waals surface area contributed by atoms with Gasteiger partial charge in [-0.3, -0.25) is 0 Å². The van der Waals surface area contributed by atoms with Crippen molar-refractivity contribution in [3.63, 3.8) is 0 Å². The Hall–Kier alpha value is -1.42. The van der Waals surface area contributed by atoms with E-state index in [0.717, 1.165) is 18.4 Å². The Labute approximate surface area is 126 Å². The van der Waals surface area contributed by atoms with E-state index in [1.54, 1.807) is 14.2 Å². The maximum absolute atomic E-state index is 10.2. The van der Waals surface area contributed by atoms with Crippen LogP contribution in [-0.4, -0.2) is 31.5 Å². The minimum absolute atomic E-state index is 0.0547. The van der Waals surface area contributed by atoms with Gasteiger partial charge >= 0.3 is 0 Å². The molecule has 4 nitrogen and oxygen atoms in total. The first kappa shape index (κ1) is 14.5. The van der Waals surface area contributed by atoms with Gasteiger partial charge in [-0.25, -0.2) is 0 Å². The zero-order chi connectivity index (χ0) is 15.0. The summed E-state index contributed by atoms with van der Waals surface area (Å²) in [6.07, 6.45) is 4.98. The fourth-order valence-electron chi connectivity index (χ4n) is 3.85. The Kier molecular flexibility index (Phi) is 3.74. The van der Waals surface area contributed by atoms with Gasteiger partial charge in [0.15, 0.2) is 11.5 Å². The van der Waals surface area contributed by atoms with E-state index in [9.17, 15) is 5.11 Å². The molecule has 1 spiro atoms. The number of ether oxygens (including phenoxy) is 3. The van der Waals surface area contributed by atoms with E-state index < -0.39 is 0 Å². The van der Waals surface area contributed by atoms with E-state index in [4.69, 9.17) is 14.2 Å². The Bertz CT molecular complexity index is 495. The number of hydrogen-bond donors (Lipinski definition) is 1. The van der Waals surface area contributed by atoms with Gasteiger partial charge in [-0.05, 0) is 37.5 Å². The molecule has 2 atom stereocenters. The number of methoxy groups -OCH3 is 2. The van der Waals surface area contributed by atoms with Gasteiger partial charge in [0.25, 0.3) is 0 Å². The van der Waals surface area contributed by atoms with E-state index in [1.165, 1.54) is 12.8 Å². The van der Waals surface area contributed by atoms with E-state index in [2.05, 4.69) is 0 Å². The monoisotopic (exact) mass is 292 g/mol. The molecule has 116 valence electrons. The highest BCUT2D eigenvalue weighted by Crippen LogP contribution is 2.56. The van der Waals surface area contributed by atoms with Crippen molar-refractivity contribution in [1.82, 2.24) is 0 Å². The maximum Gasteiger partial charge on any atom is 0.203 e. The first-order valence-corrected chi connectivity index (χ1v) is 7.68. The van der Waals surface area contributed by atoms with Gasteiger partial charge < -0.3 is 19.3 Å². The van der Waals surface area contributed by atoms with Crippen molar-refractivity contribution in [2.75, 3.05) is 14.2 Å². The molecular weight excluding hydrogens is 268 g/mol. The fourth-order valence-corrected chi connectivity index (χ4v) is 3.85. The molecule has 0 aliphatic heterocycles. The summed E-state index contributed by atoms with van der Waals surface area (Å²) in [4.78, 5) is 0. The average Bonchev–Trinajstić information content (AvgIpc) is 3.00. The Morgan fingerprint density at radius 1 is 1.10 bits per heavy atom. The van der Waals surface area contributed by atoms with Gasteiger partial charge in [-0.15, -0.1) is 0 Å². The summed E-state index contributed by atoms with van der Waals surface area (Å²) >= 11 is 0. The van der Waals surface area contributed by atoms with E-state index >= 15 is 0 Å². The summed E-state index contributed by atoms with van der Waals surface area (Å²) in [5.41, 5.74) is 1.02. The Balaban J connectivity index is 1.88. The lowest BCUT2D eigenvalue weighted by molar-refractivity contribution is -0.152. The topological polar surface area (TPSA) is 47.9 Å². The molecule has 4 heteroatoms. The summed E-state index contributed by atoms with van der Waals surface area (Å²) in [6.45, 7) is 2.00.